The second kappa shape index (κ2) is 6.37. The zero-order valence-electron chi connectivity index (χ0n) is 8.40. The van der Waals surface area contributed by atoms with Crippen molar-refractivity contribution >= 4 is 11.9 Å². The maximum atomic E-state index is 11.1. The van der Waals surface area contributed by atoms with E-state index in [4.69, 9.17) is 5.11 Å². The lowest BCUT2D eigenvalue weighted by Gasteiger charge is -2.13. The number of rotatable bonds is 6. The molecule has 2 unspecified atom stereocenters. The van der Waals surface area contributed by atoms with E-state index in [1.807, 2.05) is 0 Å². The highest BCUT2D eigenvalue weighted by molar-refractivity contribution is 5.93. The van der Waals surface area contributed by atoms with E-state index in [0.717, 1.165) is 0 Å². The number of aliphatic carboxylic acids is 1. The van der Waals surface area contributed by atoms with Crippen molar-refractivity contribution in [1.29, 1.82) is 0 Å². The van der Waals surface area contributed by atoms with Gasteiger partial charge in [-0.3, -0.25) is 9.59 Å². The molecular weight excluding hydrogens is 188 g/mol. The van der Waals surface area contributed by atoms with Crippen LogP contribution in [-0.4, -0.2) is 34.9 Å². The minimum absolute atomic E-state index is 0.0926. The SMILES string of the molecule is CCOC(=O)C(CC(O)CC)C(=O)O. The summed E-state index contributed by atoms with van der Waals surface area (Å²) in [4.78, 5) is 21.8. The van der Waals surface area contributed by atoms with Crippen molar-refractivity contribution in [1.82, 2.24) is 0 Å². The van der Waals surface area contributed by atoms with Gasteiger partial charge in [0.05, 0.1) is 12.7 Å². The molecule has 0 saturated heterocycles. The highest BCUT2D eigenvalue weighted by Gasteiger charge is 2.29. The van der Waals surface area contributed by atoms with E-state index in [-0.39, 0.29) is 13.0 Å². The zero-order chi connectivity index (χ0) is 11.1. The minimum atomic E-state index is -1.26. The lowest BCUT2D eigenvalue weighted by atomic mass is 10.0. The molecule has 0 rings (SSSR count). The van der Waals surface area contributed by atoms with Crippen molar-refractivity contribution in [2.75, 3.05) is 6.61 Å². The van der Waals surface area contributed by atoms with Gasteiger partial charge in [-0.2, -0.15) is 0 Å². The molecule has 0 aromatic heterocycles. The first-order valence-corrected chi connectivity index (χ1v) is 4.60. The first-order chi connectivity index (χ1) is 6.52. The maximum Gasteiger partial charge on any atom is 0.320 e. The van der Waals surface area contributed by atoms with Crippen molar-refractivity contribution in [3.05, 3.63) is 0 Å². The van der Waals surface area contributed by atoms with Crippen molar-refractivity contribution < 1.29 is 24.5 Å². The number of hydrogen-bond acceptors (Lipinski definition) is 4. The third-order valence-corrected chi connectivity index (χ3v) is 1.85. The summed E-state index contributed by atoms with van der Waals surface area (Å²) in [5.41, 5.74) is 0. The van der Waals surface area contributed by atoms with Crippen LogP contribution in [0.4, 0.5) is 0 Å². The molecule has 0 aromatic rings. The number of carbonyl (C=O) groups is 2. The Hall–Kier alpha value is -1.10. The lowest BCUT2D eigenvalue weighted by molar-refractivity contribution is -0.159. The van der Waals surface area contributed by atoms with E-state index in [0.29, 0.717) is 6.42 Å². The van der Waals surface area contributed by atoms with Crippen LogP contribution in [0.25, 0.3) is 0 Å². The molecule has 5 nitrogen and oxygen atoms in total. The van der Waals surface area contributed by atoms with Gasteiger partial charge < -0.3 is 14.9 Å². The van der Waals surface area contributed by atoms with Crippen LogP contribution < -0.4 is 0 Å². The van der Waals surface area contributed by atoms with Gasteiger partial charge in [0.1, 0.15) is 0 Å². The Morgan fingerprint density at radius 1 is 1.36 bits per heavy atom. The summed E-state index contributed by atoms with van der Waals surface area (Å²) >= 11 is 0. The van der Waals surface area contributed by atoms with Crippen LogP contribution in [0.2, 0.25) is 0 Å². The van der Waals surface area contributed by atoms with Gasteiger partial charge in [-0.05, 0) is 19.8 Å². The fourth-order valence-corrected chi connectivity index (χ4v) is 0.979. The largest absolute Gasteiger partial charge is 0.481 e. The second-order valence-electron chi connectivity index (χ2n) is 2.94. The highest BCUT2D eigenvalue weighted by Crippen LogP contribution is 2.11. The fourth-order valence-electron chi connectivity index (χ4n) is 0.979. The molecule has 0 fully saturated rings. The van der Waals surface area contributed by atoms with Gasteiger partial charge in [-0.1, -0.05) is 6.92 Å². The summed E-state index contributed by atoms with van der Waals surface area (Å²) in [5.74, 6) is -3.30. The van der Waals surface area contributed by atoms with Crippen LogP contribution >= 0.6 is 0 Å². The zero-order valence-corrected chi connectivity index (χ0v) is 8.40. The molecule has 0 bridgehead atoms. The van der Waals surface area contributed by atoms with E-state index < -0.39 is 24.0 Å². The Morgan fingerprint density at radius 3 is 2.29 bits per heavy atom. The quantitative estimate of drug-likeness (QED) is 0.483. The van der Waals surface area contributed by atoms with Gasteiger partial charge in [0.25, 0.3) is 0 Å². The minimum Gasteiger partial charge on any atom is -0.481 e. The normalized spacial score (nSPS) is 14.5. The predicted molar refractivity (Wildman–Crippen MR) is 48.7 cm³/mol. The van der Waals surface area contributed by atoms with Gasteiger partial charge in [0.15, 0.2) is 5.92 Å². The molecule has 0 saturated carbocycles. The molecule has 0 amide bonds. The van der Waals surface area contributed by atoms with Gasteiger partial charge in [-0.15, -0.1) is 0 Å². The summed E-state index contributed by atoms with van der Waals surface area (Å²) in [6.45, 7) is 3.46. The van der Waals surface area contributed by atoms with Crippen molar-refractivity contribution in [3.8, 4) is 0 Å². The Labute approximate surface area is 82.7 Å². The Morgan fingerprint density at radius 2 is 1.93 bits per heavy atom. The molecule has 2 N–H and O–H groups in total. The van der Waals surface area contributed by atoms with E-state index in [2.05, 4.69) is 4.74 Å². The number of carboxylic acid groups (broad SMARTS) is 1. The number of carboxylic acids is 1. The first-order valence-electron chi connectivity index (χ1n) is 4.60. The van der Waals surface area contributed by atoms with Crippen LogP contribution in [-0.2, 0) is 14.3 Å². The van der Waals surface area contributed by atoms with Gasteiger partial charge >= 0.3 is 11.9 Å². The van der Waals surface area contributed by atoms with Gasteiger partial charge in [0.2, 0.25) is 0 Å². The summed E-state index contributed by atoms with van der Waals surface area (Å²) < 4.78 is 4.58. The van der Waals surface area contributed by atoms with Gasteiger partial charge in [-0.25, -0.2) is 0 Å². The Bertz CT molecular complexity index is 201. The van der Waals surface area contributed by atoms with E-state index in [1.165, 1.54) is 0 Å². The maximum absolute atomic E-state index is 11.1. The van der Waals surface area contributed by atoms with Crippen LogP contribution in [0.3, 0.4) is 0 Å². The van der Waals surface area contributed by atoms with Crippen LogP contribution in [0.1, 0.15) is 26.7 Å². The number of carbonyl (C=O) groups excluding carboxylic acids is 1. The third kappa shape index (κ3) is 4.23. The Balaban J connectivity index is 4.29. The lowest BCUT2D eigenvalue weighted by Crippen LogP contribution is -2.29. The summed E-state index contributed by atoms with van der Waals surface area (Å²) in [7, 11) is 0. The number of aliphatic hydroxyl groups excluding tert-OH is 1. The van der Waals surface area contributed by atoms with Crippen molar-refractivity contribution in [3.63, 3.8) is 0 Å². The van der Waals surface area contributed by atoms with Gasteiger partial charge in [0, 0.05) is 0 Å². The molecule has 0 aliphatic heterocycles. The summed E-state index contributed by atoms with van der Waals surface area (Å²) in [6, 6.07) is 0. The van der Waals surface area contributed by atoms with Crippen LogP contribution in [0.15, 0.2) is 0 Å². The average molecular weight is 204 g/mol. The standard InChI is InChI=1S/C9H16O5/c1-3-6(10)5-7(8(11)12)9(13)14-4-2/h6-7,10H,3-5H2,1-2H3,(H,11,12). The number of esters is 1. The predicted octanol–water partition coefficient (Wildman–Crippen LogP) is 0.411. The van der Waals surface area contributed by atoms with Crippen molar-refractivity contribution in [2.24, 2.45) is 5.92 Å². The topological polar surface area (TPSA) is 83.8 Å². The molecule has 0 aromatic carbocycles. The molecular formula is C9H16O5. The molecule has 0 spiro atoms. The smallest absolute Gasteiger partial charge is 0.320 e. The van der Waals surface area contributed by atoms with E-state index in [9.17, 15) is 14.7 Å². The molecule has 0 radical (unpaired) electrons. The van der Waals surface area contributed by atoms with E-state index in [1.54, 1.807) is 13.8 Å². The Kier molecular flexibility index (Phi) is 5.87. The van der Waals surface area contributed by atoms with Crippen LogP contribution in [0.5, 0.6) is 0 Å². The molecule has 14 heavy (non-hydrogen) atoms. The molecule has 0 aliphatic rings. The number of ether oxygens (including phenoxy) is 1. The third-order valence-electron chi connectivity index (χ3n) is 1.85. The summed E-state index contributed by atoms with van der Waals surface area (Å²) in [6.07, 6.45) is -0.450. The average Bonchev–Trinajstić information content (AvgIpc) is 2.13. The van der Waals surface area contributed by atoms with E-state index >= 15 is 0 Å². The van der Waals surface area contributed by atoms with Crippen LogP contribution in [0, 0.1) is 5.92 Å². The monoisotopic (exact) mass is 204 g/mol. The molecule has 0 heterocycles. The second-order valence-corrected chi connectivity index (χ2v) is 2.94. The summed E-state index contributed by atoms with van der Waals surface area (Å²) in [5, 5.41) is 17.9. The molecule has 0 aliphatic carbocycles. The highest BCUT2D eigenvalue weighted by atomic mass is 16.5. The first kappa shape index (κ1) is 12.9. The molecule has 5 heteroatoms. The number of aliphatic hydroxyl groups is 1. The van der Waals surface area contributed by atoms with Crippen molar-refractivity contribution in [2.45, 2.75) is 32.8 Å². The fraction of sp³-hybridized carbons (Fsp3) is 0.778. The molecule has 82 valence electrons. The number of hydrogen-bond donors (Lipinski definition) is 2. The molecule has 2 atom stereocenters.